The maximum absolute atomic E-state index is 13.9. The normalized spacial score (nSPS) is 21.4. The molecular weight excluding hydrogens is 592 g/mol. The minimum Gasteiger partial charge on any atom is -0.481 e. The van der Waals surface area contributed by atoms with Crippen molar-refractivity contribution in [3.05, 3.63) is 0 Å². The molecule has 8 nitrogen and oxygen atoms in total. The van der Waals surface area contributed by atoms with E-state index in [-0.39, 0.29) is 24.2 Å². The fourth-order valence-electron chi connectivity index (χ4n) is 7.56. The van der Waals surface area contributed by atoms with Gasteiger partial charge in [0.25, 0.3) is 0 Å². The van der Waals surface area contributed by atoms with Crippen molar-refractivity contribution in [3.8, 4) is 0 Å². The third kappa shape index (κ3) is 15.2. The Hall–Kier alpha value is -1.67. The molecule has 47 heavy (non-hydrogen) atoms. The van der Waals surface area contributed by atoms with E-state index in [9.17, 15) is 19.5 Å². The fourth-order valence-corrected chi connectivity index (χ4v) is 7.56. The SMILES string of the molecule is CCCCCCCCCCCCCCCCC(CCC)C(=O)NC1(C(CC(=O)O)NC(=O)C2OC(C)(C)OCC2(C)C)CCCCC1. The van der Waals surface area contributed by atoms with Crippen LogP contribution in [0.3, 0.4) is 0 Å². The van der Waals surface area contributed by atoms with Crippen molar-refractivity contribution in [2.45, 2.75) is 213 Å². The molecule has 3 unspecified atom stereocenters. The lowest BCUT2D eigenvalue weighted by Crippen LogP contribution is -2.66. The lowest BCUT2D eigenvalue weighted by molar-refractivity contribution is -0.304. The molecule has 3 N–H and O–H groups in total. The second-order valence-electron chi connectivity index (χ2n) is 15.9. The zero-order chi connectivity index (χ0) is 34.8. The van der Waals surface area contributed by atoms with Crippen molar-refractivity contribution in [2.24, 2.45) is 11.3 Å². The van der Waals surface area contributed by atoms with Crippen LogP contribution in [0.5, 0.6) is 0 Å². The molecule has 1 saturated heterocycles. The lowest BCUT2D eigenvalue weighted by Gasteiger charge is -2.47. The van der Waals surface area contributed by atoms with E-state index in [1.54, 1.807) is 13.8 Å². The molecule has 3 atom stereocenters. The Bertz CT molecular complexity index is 913. The highest BCUT2D eigenvalue weighted by Gasteiger charge is 2.49. The summed E-state index contributed by atoms with van der Waals surface area (Å²) in [4.78, 5) is 39.8. The van der Waals surface area contributed by atoms with E-state index in [2.05, 4.69) is 24.5 Å². The van der Waals surface area contributed by atoms with Crippen LogP contribution in [-0.2, 0) is 23.9 Å². The summed E-state index contributed by atoms with van der Waals surface area (Å²) in [7, 11) is 0. The molecule has 274 valence electrons. The molecule has 0 aromatic rings. The van der Waals surface area contributed by atoms with Crippen LogP contribution in [0.1, 0.15) is 189 Å². The van der Waals surface area contributed by atoms with Crippen LogP contribution in [0.25, 0.3) is 0 Å². The van der Waals surface area contributed by atoms with Crippen LogP contribution < -0.4 is 10.6 Å². The summed E-state index contributed by atoms with van der Waals surface area (Å²) in [5.74, 6) is -2.34. The van der Waals surface area contributed by atoms with E-state index < -0.39 is 34.9 Å². The number of carbonyl (C=O) groups is 3. The minimum atomic E-state index is -0.991. The van der Waals surface area contributed by atoms with E-state index in [1.807, 2.05) is 13.8 Å². The standard InChI is InChI=1S/C39H72N2O6/c1-7-9-10-11-12-13-14-15-16-17-18-19-20-22-26-31(25-8-2)35(44)41-39(27-23-21-24-28-39)32(29-33(42)43)40-36(45)34-37(3,4)30-46-38(5,6)47-34/h31-32,34H,7-30H2,1-6H3,(H,40,45)(H,41,44)(H,42,43). The highest BCUT2D eigenvalue weighted by atomic mass is 16.7. The predicted molar refractivity (Wildman–Crippen MR) is 190 cm³/mol. The van der Waals surface area contributed by atoms with Crippen LogP contribution in [0, 0.1) is 11.3 Å². The first-order valence-electron chi connectivity index (χ1n) is 19.5. The number of carboxylic acid groups (broad SMARTS) is 1. The van der Waals surface area contributed by atoms with Gasteiger partial charge in [-0.1, -0.05) is 143 Å². The fraction of sp³-hybridized carbons (Fsp3) is 0.923. The number of nitrogens with one attached hydrogen (secondary N) is 2. The van der Waals surface area contributed by atoms with Crippen molar-refractivity contribution in [1.29, 1.82) is 0 Å². The lowest BCUT2D eigenvalue weighted by atomic mass is 9.74. The van der Waals surface area contributed by atoms with Gasteiger partial charge < -0.3 is 25.2 Å². The van der Waals surface area contributed by atoms with Gasteiger partial charge in [0.1, 0.15) is 6.10 Å². The summed E-state index contributed by atoms with van der Waals surface area (Å²) < 4.78 is 11.9. The average Bonchev–Trinajstić information content (AvgIpc) is 3.01. The van der Waals surface area contributed by atoms with Gasteiger partial charge in [-0.2, -0.15) is 0 Å². The molecule has 0 radical (unpaired) electrons. The quantitative estimate of drug-likeness (QED) is 0.0887. The van der Waals surface area contributed by atoms with E-state index >= 15 is 0 Å². The first-order chi connectivity index (χ1) is 22.4. The number of carbonyl (C=O) groups excluding carboxylic acids is 2. The molecule has 1 heterocycles. The highest BCUT2D eigenvalue weighted by Crippen LogP contribution is 2.37. The van der Waals surface area contributed by atoms with Gasteiger partial charge in [-0.3, -0.25) is 14.4 Å². The van der Waals surface area contributed by atoms with E-state index in [4.69, 9.17) is 9.47 Å². The smallest absolute Gasteiger partial charge is 0.305 e. The van der Waals surface area contributed by atoms with Crippen LogP contribution in [-0.4, -0.2) is 53.0 Å². The molecule has 2 aliphatic rings. The Labute approximate surface area is 287 Å². The maximum Gasteiger partial charge on any atom is 0.305 e. The highest BCUT2D eigenvalue weighted by molar-refractivity contribution is 5.84. The number of carboxylic acids is 1. The molecule has 0 aromatic heterocycles. The molecule has 2 fully saturated rings. The molecule has 1 aliphatic heterocycles. The first kappa shape index (κ1) is 41.5. The van der Waals surface area contributed by atoms with E-state index in [0.717, 1.165) is 51.4 Å². The summed E-state index contributed by atoms with van der Waals surface area (Å²) in [6.45, 7) is 12.1. The topological polar surface area (TPSA) is 114 Å². The monoisotopic (exact) mass is 665 g/mol. The number of unbranched alkanes of at least 4 members (excludes halogenated alkanes) is 13. The molecule has 0 bridgehead atoms. The van der Waals surface area contributed by atoms with Crippen molar-refractivity contribution in [1.82, 2.24) is 10.6 Å². The van der Waals surface area contributed by atoms with Crippen LogP contribution in [0.15, 0.2) is 0 Å². The Morgan fingerprint density at radius 2 is 1.28 bits per heavy atom. The summed E-state index contributed by atoms with van der Waals surface area (Å²) >= 11 is 0. The third-order valence-electron chi connectivity index (χ3n) is 10.5. The van der Waals surface area contributed by atoms with Gasteiger partial charge in [-0.05, 0) is 39.5 Å². The van der Waals surface area contributed by atoms with Gasteiger partial charge in [0, 0.05) is 11.3 Å². The number of ether oxygens (including phenoxy) is 2. The second kappa shape index (κ2) is 21.4. The molecule has 1 aliphatic carbocycles. The molecule has 2 amide bonds. The number of aliphatic carboxylic acids is 1. The largest absolute Gasteiger partial charge is 0.481 e. The Balaban J connectivity index is 1.93. The van der Waals surface area contributed by atoms with Gasteiger partial charge in [-0.15, -0.1) is 0 Å². The predicted octanol–water partition coefficient (Wildman–Crippen LogP) is 9.23. The van der Waals surface area contributed by atoms with Crippen LogP contribution >= 0.6 is 0 Å². The van der Waals surface area contributed by atoms with Crippen LogP contribution in [0.4, 0.5) is 0 Å². The van der Waals surface area contributed by atoms with Gasteiger partial charge >= 0.3 is 5.97 Å². The zero-order valence-corrected chi connectivity index (χ0v) is 31.2. The Morgan fingerprint density at radius 3 is 1.79 bits per heavy atom. The minimum absolute atomic E-state index is 0.0110. The number of hydrogen-bond acceptors (Lipinski definition) is 5. The Morgan fingerprint density at radius 1 is 0.745 bits per heavy atom. The van der Waals surface area contributed by atoms with Crippen molar-refractivity contribution < 1.29 is 29.0 Å². The number of rotatable bonds is 24. The van der Waals surface area contributed by atoms with Gasteiger partial charge in [0.2, 0.25) is 11.8 Å². The van der Waals surface area contributed by atoms with Crippen molar-refractivity contribution in [2.75, 3.05) is 6.61 Å². The summed E-state index contributed by atoms with van der Waals surface area (Å²) in [6.07, 6.45) is 23.9. The molecule has 1 saturated carbocycles. The molecule has 8 heteroatoms. The summed E-state index contributed by atoms with van der Waals surface area (Å²) in [5.41, 5.74) is -1.38. The van der Waals surface area contributed by atoms with Gasteiger partial charge in [-0.25, -0.2) is 0 Å². The summed E-state index contributed by atoms with van der Waals surface area (Å²) in [6, 6.07) is -0.731. The third-order valence-corrected chi connectivity index (χ3v) is 10.5. The van der Waals surface area contributed by atoms with Crippen LogP contribution in [0.2, 0.25) is 0 Å². The van der Waals surface area contributed by atoms with E-state index in [1.165, 1.54) is 77.0 Å². The second-order valence-corrected chi connectivity index (χ2v) is 15.9. The maximum atomic E-state index is 13.9. The number of amides is 2. The van der Waals surface area contributed by atoms with Gasteiger partial charge in [0.05, 0.1) is 24.6 Å². The molecule has 0 spiro atoms. The molecule has 2 rings (SSSR count). The molecular formula is C39H72N2O6. The number of hydrogen-bond donors (Lipinski definition) is 3. The van der Waals surface area contributed by atoms with Gasteiger partial charge in [0.15, 0.2) is 5.79 Å². The zero-order valence-electron chi connectivity index (χ0n) is 31.2. The first-order valence-corrected chi connectivity index (χ1v) is 19.5. The average molecular weight is 665 g/mol. The Kier molecular flexibility index (Phi) is 18.9. The molecule has 0 aromatic carbocycles. The van der Waals surface area contributed by atoms with Crippen molar-refractivity contribution >= 4 is 17.8 Å². The summed E-state index contributed by atoms with van der Waals surface area (Å²) in [5, 5.41) is 16.4. The van der Waals surface area contributed by atoms with E-state index in [0.29, 0.717) is 19.4 Å². The van der Waals surface area contributed by atoms with Crippen molar-refractivity contribution in [3.63, 3.8) is 0 Å².